The van der Waals surface area contributed by atoms with Crippen molar-refractivity contribution in [1.82, 2.24) is 4.72 Å². The number of hydrogen-bond acceptors (Lipinski definition) is 11. The van der Waals surface area contributed by atoms with Crippen molar-refractivity contribution in [2.24, 2.45) is 37.7 Å². The molecule has 8 N–H and O–H groups in total. The minimum absolute atomic E-state index is 0.000762. The quantitative estimate of drug-likeness (QED) is 0.260. The van der Waals surface area contributed by atoms with Gasteiger partial charge in [-0.25, -0.2) is 31.7 Å². The number of nitrogens with two attached hydrogens (primary N) is 3. The minimum atomic E-state index is -4.55. The van der Waals surface area contributed by atoms with Crippen LogP contribution in [0.15, 0.2) is 37.1 Å². The summed E-state index contributed by atoms with van der Waals surface area (Å²) in [6.45, 7) is 1.28. The molecule has 0 amide bonds. The molecule has 1 saturated heterocycles. The molecule has 2 aliphatic rings. The highest BCUT2D eigenvalue weighted by atomic mass is 32.2. The average Bonchev–Trinajstić information content (AvgIpc) is 3.23. The number of aliphatic imine (C=N–C) groups is 1. The molecule has 1 fully saturated rings. The van der Waals surface area contributed by atoms with Crippen molar-refractivity contribution in [3.63, 3.8) is 0 Å². The fourth-order valence-electron chi connectivity index (χ4n) is 4.18. The first kappa shape index (κ1) is 26.6. The maximum absolute atomic E-state index is 13.0. The summed E-state index contributed by atoms with van der Waals surface area (Å²) < 4.78 is 53.8. The Morgan fingerprint density at radius 1 is 1.18 bits per heavy atom. The number of primary sulfonamides is 1. The zero-order valence-electron chi connectivity index (χ0n) is 18.8. The molecule has 1 aromatic rings. The van der Waals surface area contributed by atoms with Crippen molar-refractivity contribution in [3.8, 4) is 0 Å². The molecule has 2 aliphatic heterocycles. The molecule has 0 saturated carbocycles. The summed E-state index contributed by atoms with van der Waals surface area (Å²) in [5, 5.41) is 23.0. The molecule has 2 heterocycles. The van der Waals surface area contributed by atoms with E-state index < -0.39 is 42.5 Å². The third-order valence-corrected chi connectivity index (χ3v) is 8.48. The van der Waals surface area contributed by atoms with Crippen molar-refractivity contribution in [1.29, 1.82) is 0 Å². The number of amidine groups is 1. The number of rotatable bonds is 10. The van der Waals surface area contributed by atoms with Gasteiger partial charge in [0, 0.05) is 31.9 Å². The van der Waals surface area contributed by atoms with E-state index in [1.807, 2.05) is 4.90 Å². The number of azo groups is 1. The zero-order valence-corrected chi connectivity index (χ0v) is 20.4. The molecule has 0 radical (unpaired) electrons. The van der Waals surface area contributed by atoms with Crippen molar-refractivity contribution < 1.29 is 21.9 Å². The molecule has 1 unspecified atom stereocenters. The van der Waals surface area contributed by atoms with Crippen LogP contribution in [-0.2, 0) is 20.0 Å². The topological polar surface area (TPSA) is 219 Å². The summed E-state index contributed by atoms with van der Waals surface area (Å²) in [6.07, 6.45) is 2.47. The summed E-state index contributed by atoms with van der Waals surface area (Å²) >= 11 is 0. The fourth-order valence-corrected chi connectivity index (χ4v) is 6.85. The summed E-state index contributed by atoms with van der Waals surface area (Å²) in [5.41, 5.74) is 11.5. The number of benzene rings is 1. The minimum Gasteiger partial charge on any atom is -0.390 e. The Balaban J connectivity index is 2.15. The van der Waals surface area contributed by atoms with Gasteiger partial charge in [-0.2, -0.15) is 5.11 Å². The first-order valence-corrected chi connectivity index (χ1v) is 14.1. The van der Waals surface area contributed by atoms with E-state index in [1.54, 1.807) is 0 Å². The van der Waals surface area contributed by atoms with Crippen LogP contribution in [0.1, 0.15) is 31.2 Å². The molecule has 2 atom stereocenters. The van der Waals surface area contributed by atoms with Gasteiger partial charge in [0.1, 0.15) is 9.79 Å². The molecule has 0 bridgehead atoms. The first-order valence-electron chi connectivity index (χ1n) is 11.0. The Hall–Kier alpha value is -2.01. The monoisotopic (exact) mass is 516 g/mol. The van der Waals surface area contributed by atoms with E-state index >= 15 is 0 Å². The third-order valence-electron chi connectivity index (χ3n) is 5.89. The second-order valence-electron chi connectivity index (χ2n) is 8.30. The molecule has 15 heteroatoms. The van der Waals surface area contributed by atoms with Crippen molar-refractivity contribution >= 4 is 31.6 Å². The van der Waals surface area contributed by atoms with Gasteiger partial charge in [0.2, 0.25) is 20.0 Å². The van der Waals surface area contributed by atoms with Crippen LogP contribution in [-0.4, -0.2) is 73.3 Å². The lowest BCUT2D eigenvalue weighted by atomic mass is 9.97. The summed E-state index contributed by atoms with van der Waals surface area (Å²) in [6, 6.07) is 2.74. The van der Waals surface area contributed by atoms with Crippen molar-refractivity contribution in [3.05, 3.63) is 17.7 Å². The second-order valence-corrected chi connectivity index (χ2v) is 11.5. The Morgan fingerprint density at radius 2 is 1.94 bits per heavy atom. The number of hydrogen-bond donors (Lipinski definition) is 5. The summed E-state index contributed by atoms with van der Waals surface area (Å²) in [7, 11) is -8.94. The van der Waals surface area contributed by atoms with Gasteiger partial charge < -0.3 is 21.5 Å². The van der Waals surface area contributed by atoms with Crippen LogP contribution < -0.4 is 26.2 Å². The van der Waals surface area contributed by atoms with E-state index in [1.165, 1.54) is 12.1 Å². The van der Waals surface area contributed by atoms with Gasteiger partial charge in [-0.15, -0.1) is 5.11 Å². The van der Waals surface area contributed by atoms with Crippen LogP contribution in [0.2, 0.25) is 0 Å². The lowest BCUT2D eigenvalue weighted by molar-refractivity contribution is 0.186. The number of nitrogens with one attached hydrogen (secondary N) is 1. The number of anilines is 1. The molecule has 3 rings (SSSR count). The summed E-state index contributed by atoms with van der Waals surface area (Å²) in [4.78, 5) is 5.00. The largest absolute Gasteiger partial charge is 0.390 e. The van der Waals surface area contributed by atoms with Gasteiger partial charge in [-0.1, -0.05) is 0 Å². The van der Waals surface area contributed by atoms with Gasteiger partial charge in [0.25, 0.3) is 0 Å². The molecule has 1 aromatic carbocycles. The molecule has 34 heavy (non-hydrogen) atoms. The number of sulfonamides is 2. The van der Waals surface area contributed by atoms with Crippen LogP contribution in [0.5, 0.6) is 0 Å². The van der Waals surface area contributed by atoms with Gasteiger partial charge in [0.05, 0.1) is 11.7 Å². The molecule has 190 valence electrons. The average molecular weight is 517 g/mol. The van der Waals surface area contributed by atoms with Crippen molar-refractivity contribution in [2.75, 3.05) is 44.3 Å². The highest BCUT2D eigenvalue weighted by molar-refractivity contribution is 7.92. The fraction of sp³-hybridized carbons (Fsp3) is 0.632. The maximum Gasteiger partial charge on any atom is 0.242 e. The molecule has 0 aliphatic carbocycles. The number of aliphatic hydroxyl groups is 1. The molecular weight excluding hydrogens is 484 g/mol. The smallest absolute Gasteiger partial charge is 0.242 e. The second kappa shape index (κ2) is 11.2. The standard InChI is InChI=1S/C19H32N8O5S2/c20-7-5-13-2-1-8-27(9-6-13)15-3-4-16(34(31,32)25-11-14(28)10-21)18(33(22,29)30)17(15)19-23-12-24-26-19/h3-4,13-14,25,28H,1-2,5-12,20-21H2,(H2,22,29,30)/t13?,14-/m1/s1. The third kappa shape index (κ3) is 6.16. The van der Waals surface area contributed by atoms with Crippen LogP contribution >= 0.6 is 0 Å². The van der Waals surface area contributed by atoms with Crippen LogP contribution in [0, 0.1) is 5.92 Å². The van der Waals surface area contributed by atoms with E-state index in [2.05, 4.69) is 19.9 Å². The molecule has 0 aromatic heterocycles. The van der Waals surface area contributed by atoms with E-state index in [0.29, 0.717) is 31.2 Å². The number of aliphatic hydroxyl groups excluding tert-OH is 1. The van der Waals surface area contributed by atoms with Gasteiger partial charge in [-0.05, 0) is 50.3 Å². The maximum atomic E-state index is 13.0. The van der Waals surface area contributed by atoms with E-state index in [4.69, 9.17) is 16.6 Å². The van der Waals surface area contributed by atoms with Gasteiger partial charge in [0.15, 0.2) is 12.5 Å². The van der Waals surface area contributed by atoms with Gasteiger partial charge in [-0.3, -0.25) is 0 Å². The Bertz CT molecular complexity index is 1150. The first-order chi connectivity index (χ1) is 16.1. The zero-order chi connectivity index (χ0) is 24.9. The lowest BCUT2D eigenvalue weighted by Gasteiger charge is -2.27. The highest BCUT2D eigenvalue weighted by Gasteiger charge is 2.34. The van der Waals surface area contributed by atoms with E-state index in [0.717, 1.165) is 25.7 Å². The normalized spacial score (nSPS) is 20.3. The Morgan fingerprint density at radius 3 is 2.56 bits per heavy atom. The predicted molar refractivity (Wildman–Crippen MR) is 128 cm³/mol. The molecular formula is C19H32N8O5S2. The molecule has 0 spiro atoms. The highest BCUT2D eigenvalue weighted by Crippen LogP contribution is 2.35. The molecule has 13 nitrogen and oxygen atoms in total. The SMILES string of the molecule is NCCC1CCCN(c2ccc(S(=O)(=O)NC[C@H](O)CN)c(S(N)(=O)=O)c2C2=NCN=N2)CC1. The van der Waals surface area contributed by atoms with Crippen LogP contribution in [0.4, 0.5) is 5.69 Å². The lowest BCUT2D eigenvalue weighted by Crippen LogP contribution is -2.37. The van der Waals surface area contributed by atoms with Gasteiger partial charge >= 0.3 is 0 Å². The van der Waals surface area contributed by atoms with Crippen LogP contribution in [0.25, 0.3) is 0 Å². The van der Waals surface area contributed by atoms with Crippen molar-refractivity contribution in [2.45, 2.75) is 41.6 Å². The summed E-state index contributed by atoms with van der Waals surface area (Å²) in [5.74, 6) is 0.457. The Kier molecular flexibility index (Phi) is 8.72. The van der Waals surface area contributed by atoms with E-state index in [-0.39, 0.29) is 24.6 Å². The van der Waals surface area contributed by atoms with E-state index in [9.17, 15) is 21.9 Å². The number of nitrogens with zero attached hydrogens (tertiary/aromatic N) is 4. The predicted octanol–water partition coefficient (Wildman–Crippen LogP) is -0.943. The Labute approximate surface area is 199 Å². The van der Waals surface area contributed by atoms with Crippen LogP contribution in [0.3, 0.4) is 0 Å².